The van der Waals surface area contributed by atoms with Gasteiger partial charge in [0.05, 0.1) is 11.6 Å². The molecule has 4 heteroatoms. The molecule has 1 aromatic heterocycles. The summed E-state index contributed by atoms with van der Waals surface area (Å²) < 4.78 is 1.85. The van der Waals surface area contributed by atoms with Gasteiger partial charge in [0.25, 0.3) is 5.82 Å². The predicted octanol–water partition coefficient (Wildman–Crippen LogP) is 4.01. The lowest BCUT2D eigenvalue weighted by molar-refractivity contribution is -0.668. The van der Waals surface area contributed by atoms with Crippen molar-refractivity contribution in [3.63, 3.8) is 0 Å². The molecule has 2 aromatic rings. The molecule has 0 saturated heterocycles. The third-order valence-corrected chi connectivity index (χ3v) is 7.11. The number of pyridine rings is 1. The van der Waals surface area contributed by atoms with Crippen LogP contribution >= 0.6 is 0 Å². The van der Waals surface area contributed by atoms with E-state index in [0.29, 0.717) is 11.4 Å². The number of anilines is 1. The number of carbonyl (C=O) groups excluding carboxylic acids is 2. The maximum absolute atomic E-state index is 13.4. The molecule has 4 bridgehead atoms. The first kappa shape index (κ1) is 17.6. The molecule has 28 heavy (non-hydrogen) atoms. The van der Waals surface area contributed by atoms with Gasteiger partial charge >= 0.3 is 5.91 Å². The van der Waals surface area contributed by atoms with Crippen LogP contribution in [0.25, 0.3) is 0 Å². The zero-order valence-electron chi connectivity index (χ0n) is 16.1. The molecule has 0 atom stereocenters. The Morgan fingerprint density at radius 1 is 0.893 bits per heavy atom. The number of amides is 1. The molecule has 1 N–H and O–H groups in total. The number of nitrogens with one attached hydrogen (secondary N) is 1. The number of rotatable bonds is 5. The Balaban J connectivity index is 1.35. The summed E-state index contributed by atoms with van der Waals surface area (Å²) in [4.78, 5) is 26.0. The minimum Gasteiger partial charge on any atom is -0.290 e. The van der Waals surface area contributed by atoms with E-state index in [-0.39, 0.29) is 23.7 Å². The first-order valence-corrected chi connectivity index (χ1v) is 10.5. The average Bonchev–Trinajstić information content (AvgIpc) is 2.69. The number of hydrogen-bond acceptors (Lipinski definition) is 2. The third kappa shape index (κ3) is 3.15. The van der Waals surface area contributed by atoms with Gasteiger partial charge in [-0.2, -0.15) is 0 Å². The number of Topliss-reactive ketones (excluding diaryl/α,β-unsaturated/α-hetero) is 1. The van der Waals surface area contributed by atoms with Gasteiger partial charge in [0.1, 0.15) is 0 Å². The van der Waals surface area contributed by atoms with Gasteiger partial charge in [-0.15, -0.1) is 0 Å². The van der Waals surface area contributed by atoms with Crippen LogP contribution in [0, 0.1) is 23.2 Å². The Hall–Kier alpha value is -2.49. The van der Waals surface area contributed by atoms with E-state index < -0.39 is 0 Å². The summed E-state index contributed by atoms with van der Waals surface area (Å²) in [5.41, 5.74) is 0.503. The van der Waals surface area contributed by atoms with Crippen molar-refractivity contribution in [3.8, 4) is 0 Å². The second-order valence-electron chi connectivity index (χ2n) is 9.15. The van der Waals surface area contributed by atoms with Crippen LogP contribution < -0.4 is 9.88 Å². The second-order valence-corrected chi connectivity index (χ2v) is 9.15. The Morgan fingerprint density at radius 3 is 2.14 bits per heavy atom. The van der Waals surface area contributed by atoms with E-state index in [9.17, 15) is 9.59 Å². The van der Waals surface area contributed by atoms with E-state index >= 15 is 0 Å². The lowest BCUT2D eigenvalue weighted by Gasteiger charge is -2.54. The van der Waals surface area contributed by atoms with E-state index in [1.54, 1.807) is 0 Å². The van der Waals surface area contributed by atoms with Gasteiger partial charge in [0.2, 0.25) is 5.78 Å². The summed E-state index contributed by atoms with van der Waals surface area (Å²) in [6.07, 6.45) is 8.97. The number of benzene rings is 1. The van der Waals surface area contributed by atoms with Crippen molar-refractivity contribution >= 4 is 17.5 Å². The maximum atomic E-state index is 13.4. The highest BCUT2D eigenvalue weighted by Crippen LogP contribution is 2.60. The van der Waals surface area contributed by atoms with Crippen LogP contribution in [0.4, 0.5) is 5.82 Å². The van der Waals surface area contributed by atoms with Gasteiger partial charge in [0, 0.05) is 11.6 Å². The summed E-state index contributed by atoms with van der Waals surface area (Å²) in [6.45, 7) is 0.224. The first-order valence-electron chi connectivity index (χ1n) is 10.5. The molecule has 0 spiro atoms. The highest BCUT2D eigenvalue weighted by molar-refractivity contribution is 5.96. The van der Waals surface area contributed by atoms with Crippen LogP contribution in [0.5, 0.6) is 0 Å². The van der Waals surface area contributed by atoms with E-state index in [0.717, 1.165) is 37.0 Å². The number of nitrogens with zero attached hydrogens (tertiary/aromatic N) is 1. The van der Waals surface area contributed by atoms with Gasteiger partial charge in [-0.25, -0.2) is 14.7 Å². The van der Waals surface area contributed by atoms with Crippen molar-refractivity contribution in [3.05, 3.63) is 60.3 Å². The van der Waals surface area contributed by atoms with Crippen LogP contribution in [-0.4, -0.2) is 11.7 Å². The van der Waals surface area contributed by atoms with Gasteiger partial charge < -0.3 is 0 Å². The SMILES string of the molecule is O=C(C[n+]1ccccc1NC(=O)C12CC3CC(CC(C3)C1)C2)c1ccccc1. The summed E-state index contributed by atoms with van der Waals surface area (Å²) >= 11 is 0. The van der Waals surface area contributed by atoms with E-state index in [4.69, 9.17) is 0 Å². The first-order chi connectivity index (χ1) is 13.6. The van der Waals surface area contributed by atoms with Crippen molar-refractivity contribution in [2.24, 2.45) is 23.2 Å². The number of ketones is 1. The molecule has 1 aromatic carbocycles. The Bertz CT molecular complexity index is 871. The second kappa shape index (κ2) is 6.84. The van der Waals surface area contributed by atoms with Gasteiger partial charge in [-0.1, -0.05) is 36.4 Å². The van der Waals surface area contributed by atoms with Crippen LogP contribution in [0.2, 0.25) is 0 Å². The summed E-state index contributed by atoms with van der Waals surface area (Å²) in [6, 6.07) is 15.0. The minimum atomic E-state index is -0.189. The van der Waals surface area contributed by atoms with Crippen molar-refractivity contribution in [2.45, 2.75) is 45.1 Å². The average molecular weight is 375 g/mol. The monoisotopic (exact) mass is 375 g/mol. The molecule has 4 nitrogen and oxygen atoms in total. The smallest absolute Gasteiger partial charge is 0.290 e. The molecule has 4 fully saturated rings. The Morgan fingerprint density at radius 2 is 1.50 bits per heavy atom. The Labute approximate surface area is 166 Å². The number of aromatic nitrogens is 1. The predicted molar refractivity (Wildman–Crippen MR) is 107 cm³/mol. The highest BCUT2D eigenvalue weighted by Gasteiger charge is 2.56. The normalized spacial score (nSPS) is 30.2. The molecular weight excluding hydrogens is 348 g/mol. The van der Waals surface area contributed by atoms with Crippen molar-refractivity contribution in [2.75, 3.05) is 5.32 Å². The van der Waals surface area contributed by atoms with Crippen LogP contribution in [0.3, 0.4) is 0 Å². The fraction of sp³-hybridized carbons (Fsp3) is 0.458. The quantitative estimate of drug-likeness (QED) is 0.634. The summed E-state index contributed by atoms with van der Waals surface area (Å²) in [7, 11) is 0. The molecular formula is C24H27N2O2+. The fourth-order valence-electron chi connectivity index (χ4n) is 6.24. The molecule has 0 radical (unpaired) electrons. The molecule has 1 amide bonds. The van der Waals surface area contributed by atoms with Gasteiger partial charge in [-0.3, -0.25) is 4.79 Å². The molecule has 4 aliphatic rings. The summed E-state index contributed by atoms with van der Waals surface area (Å²) in [5, 5.41) is 3.20. The zero-order chi connectivity index (χ0) is 19.1. The van der Waals surface area contributed by atoms with E-state index in [1.807, 2.05) is 59.3 Å². The topological polar surface area (TPSA) is 50.0 Å². The zero-order valence-corrected chi connectivity index (χ0v) is 16.1. The van der Waals surface area contributed by atoms with E-state index in [1.165, 1.54) is 19.3 Å². The number of carbonyl (C=O) groups is 2. The molecule has 4 aliphatic carbocycles. The van der Waals surface area contributed by atoms with Crippen LogP contribution in [-0.2, 0) is 11.3 Å². The van der Waals surface area contributed by atoms with E-state index in [2.05, 4.69) is 5.32 Å². The molecule has 4 saturated carbocycles. The molecule has 1 heterocycles. The highest BCUT2D eigenvalue weighted by atomic mass is 16.2. The largest absolute Gasteiger partial charge is 0.313 e. The van der Waals surface area contributed by atoms with Gasteiger partial charge in [-0.05, 0) is 62.3 Å². The van der Waals surface area contributed by atoms with Crippen LogP contribution in [0.1, 0.15) is 48.9 Å². The molecule has 6 rings (SSSR count). The van der Waals surface area contributed by atoms with Crippen LogP contribution in [0.15, 0.2) is 54.7 Å². The van der Waals surface area contributed by atoms with Gasteiger partial charge in [0.15, 0.2) is 6.54 Å². The minimum absolute atomic E-state index is 0.0436. The maximum Gasteiger partial charge on any atom is 0.313 e. The molecule has 144 valence electrons. The third-order valence-electron chi connectivity index (χ3n) is 7.11. The molecule has 0 aliphatic heterocycles. The number of hydrogen-bond donors (Lipinski definition) is 1. The standard InChI is InChI=1S/C24H26N2O2/c27-21(20-6-2-1-3-7-20)16-26-9-5-4-8-22(26)25-23(28)24-13-17-10-18(14-24)12-19(11-17)15-24/h1-9,17-19H,10-16H2/p+1. The van der Waals surface area contributed by atoms with Crippen molar-refractivity contribution in [1.29, 1.82) is 0 Å². The molecule has 0 unspecified atom stereocenters. The van der Waals surface area contributed by atoms with Crippen molar-refractivity contribution < 1.29 is 14.2 Å². The van der Waals surface area contributed by atoms with Crippen molar-refractivity contribution in [1.82, 2.24) is 0 Å². The fourth-order valence-corrected chi connectivity index (χ4v) is 6.24. The Kier molecular flexibility index (Phi) is 4.30. The summed E-state index contributed by atoms with van der Waals surface area (Å²) in [5.74, 6) is 3.13. The lowest BCUT2D eigenvalue weighted by Crippen LogP contribution is -2.53. The lowest BCUT2D eigenvalue weighted by atomic mass is 9.49.